The van der Waals surface area contributed by atoms with E-state index in [-0.39, 0.29) is 18.7 Å². The van der Waals surface area contributed by atoms with Gasteiger partial charge in [-0.05, 0) is 38.5 Å². The smallest absolute Gasteiger partial charge is 0.269 e. The highest BCUT2D eigenvalue weighted by molar-refractivity contribution is 5.88. The minimum Gasteiger partial charge on any atom is -0.359 e. The van der Waals surface area contributed by atoms with Crippen LogP contribution in [-0.2, 0) is 14.3 Å². The molecule has 0 aromatic carbocycles. The van der Waals surface area contributed by atoms with Crippen molar-refractivity contribution in [2.45, 2.75) is 64.6 Å². The van der Waals surface area contributed by atoms with Crippen LogP contribution in [0.3, 0.4) is 0 Å². The minimum absolute atomic E-state index is 0.00352. The van der Waals surface area contributed by atoms with E-state index >= 15 is 0 Å². The minimum atomic E-state index is -0.404. The number of carbonyl (C=O) groups excluding carboxylic acids is 1. The lowest BCUT2D eigenvalue weighted by Crippen LogP contribution is -2.70. The lowest BCUT2D eigenvalue weighted by atomic mass is 9.95. The fourth-order valence-electron chi connectivity index (χ4n) is 3.33. The third-order valence-electron chi connectivity index (χ3n) is 4.85. The van der Waals surface area contributed by atoms with E-state index in [0.29, 0.717) is 12.0 Å². The Hall–Kier alpha value is -0.910. The molecule has 0 N–H and O–H groups in total. The van der Waals surface area contributed by atoms with Crippen molar-refractivity contribution in [2.24, 2.45) is 5.92 Å². The predicted molar refractivity (Wildman–Crippen MR) is 86.0 cm³/mol. The van der Waals surface area contributed by atoms with Gasteiger partial charge in [0.05, 0.1) is 0 Å². The Kier molecular flexibility index (Phi) is 6.41. The number of methoxy groups -OCH3 is 1. The zero-order chi connectivity index (χ0) is 16.1. The topological polar surface area (TPSA) is 42.0 Å². The van der Waals surface area contributed by atoms with Gasteiger partial charge in [0.25, 0.3) is 5.91 Å². The zero-order valence-corrected chi connectivity index (χ0v) is 14.3. The lowest BCUT2D eigenvalue weighted by molar-refractivity contribution is -0.216. The van der Waals surface area contributed by atoms with Gasteiger partial charge >= 0.3 is 0 Å². The highest BCUT2D eigenvalue weighted by atomic mass is 16.7. The third kappa shape index (κ3) is 3.53. The quantitative estimate of drug-likeness (QED) is 0.392. The van der Waals surface area contributed by atoms with Crippen LogP contribution in [0.4, 0.5) is 0 Å². The molecule has 0 unspecified atom stereocenters. The largest absolute Gasteiger partial charge is 0.359 e. The Bertz CT molecular complexity index is 395. The molecule has 2 rings (SSSR count). The van der Waals surface area contributed by atoms with Gasteiger partial charge in [0.2, 0.25) is 0 Å². The maximum absolute atomic E-state index is 12.5. The lowest BCUT2D eigenvalue weighted by Gasteiger charge is -2.50. The molecule has 2 fully saturated rings. The van der Waals surface area contributed by atoms with Crippen LogP contribution in [0.1, 0.15) is 46.5 Å². The summed E-state index contributed by atoms with van der Waals surface area (Å²) >= 11 is 0. The van der Waals surface area contributed by atoms with Crippen LogP contribution < -0.4 is 0 Å². The first-order valence-corrected chi connectivity index (χ1v) is 8.52. The molecule has 22 heavy (non-hydrogen) atoms. The number of hydrogen-bond donors (Lipinski definition) is 0. The average Bonchev–Trinajstić information content (AvgIpc) is 2.93. The van der Waals surface area contributed by atoms with Gasteiger partial charge < -0.3 is 9.47 Å². The van der Waals surface area contributed by atoms with Crippen molar-refractivity contribution in [3.63, 3.8) is 0 Å². The second-order valence-electron chi connectivity index (χ2n) is 6.28. The molecule has 0 spiro atoms. The molecule has 0 aliphatic carbocycles. The first-order chi connectivity index (χ1) is 10.6. The monoisotopic (exact) mass is 310 g/mol. The van der Waals surface area contributed by atoms with Gasteiger partial charge in [-0.25, -0.2) is 5.01 Å². The van der Waals surface area contributed by atoms with Crippen LogP contribution in [-0.4, -0.2) is 54.6 Å². The van der Waals surface area contributed by atoms with Gasteiger partial charge in [0.15, 0.2) is 6.10 Å². The van der Waals surface area contributed by atoms with Gasteiger partial charge in [-0.3, -0.25) is 9.80 Å². The van der Waals surface area contributed by atoms with Crippen LogP contribution in [0, 0.1) is 5.92 Å². The Morgan fingerprint density at radius 2 is 2.09 bits per heavy atom. The number of hydrazine groups is 1. The summed E-state index contributed by atoms with van der Waals surface area (Å²) in [5.74, 6) is 0.627. The standard InChI is InChI=1S/C17H30N2O3/c1-5-14(6-2)9-10-15-16(22-12-21-4)17(20)19(15)18-11-7-8-13(18)3/h9-10,13-16H,5-8,11-12H2,1-4H3/b10-9+/t13-,15+,16-/m1/s1. The normalized spacial score (nSPS) is 29.8. The number of allylic oxidation sites excluding steroid dienone is 1. The Balaban J connectivity index is 2.08. The van der Waals surface area contributed by atoms with E-state index in [1.807, 2.05) is 5.01 Å². The van der Waals surface area contributed by atoms with Gasteiger partial charge in [0, 0.05) is 19.7 Å². The van der Waals surface area contributed by atoms with Crippen LogP contribution in [0.15, 0.2) is 12.2 Å². The van der Waals surface area contributed by atoms with Crippen LogP contribution in [0.5, 0.6) is 0 Å². The fraction of sp³-hybridized carbons (Fsp3) is 0.824. The van der Waals surface area contributed by atoms with E-state index < -0.39 is 6.10 Å². The number of β-lactam (4-membered cyclic amide) rings is 1. The summed E-state index contributed by atoms with van der Waals surface area (Å²) in [7, 11) is 1.58. The zero-order valence-electron chi connectivity index (χ0n) is 14.3. The molecule has 0 aromatic heterocycles. The van der Waals surface area contributed by atoms with Crippen molar-refractivity contribution in [3.8, 4) is 0 Å². The molecule has 2 aliphatic heterocycles. The average molecular weight is 310 g/mol. The molecule has 0 aromatic rings. The molecular weight excluding hydrogens is 280 g/mol. The van der Waals surface area contributed by atoms with E-state index in [9.17, 15) is 4.79 Å². The van der Waals surface area contributed by atoms with Crippen molar-refractivity contribution < 1.29 is 14.3 Å². The van der Waals surface area contributed by atoms with E-state index in [0.717, 1.165) is 32.2 Å². The van der Waals surface area contributed by atoms with E-state index in [4.69, 9.17) is 9.47 Å². The summed E-state index contributed by atoms with van der Waals surface area (Å²) in [6.07, 6.45) is 8.54. The second-order valence-corrected chi connectivity index (χ2v) is 6.28. The maximum atomic E-state index is 12.5. The van der Waals surface area contributed by atoms with E-state index in [1.54, 1.807) is 7.11 Å². The van der Waals surface area contributed by atoms with E-state index in [2.05, 4.69) is 37.9 Å². The summed E-state index contributed by atoms with van der Waals surface area (Å²) < 4.78 is 10.5. The molecule has 1 amide bonds. The highest BCUT2D eigenvalue weighted by Crippen LogP contribution is 2.32. The summed E-state index contributed by atoms with van der Waals surface area (Å²) in [5, 5.41) is 4.10. The molecule has 126 valence electrons. The van der Waals surface area contributed by atoms with Gasteiger partial charge in [-0.1, -0.05) is 26.0 Å². The number of hydrogen-bond acceptors (Lipinski definition) is 4. The number of nitrogens with zero attached hydrogens (tertiary/aromatic N) is 2. The van der Waals surface area contributed by atoms with Crippen LogP contribution in [0.2, 0.25) is 0 Å². The molecule has 2 aliphatic rings. The Morgan fingerprint density at radius 3 is 2.64 bits per heavy atom. The third-order valence-corrected chi connectivity index (χ3v) is 4.85. The summed E-state index contributed by atoms with van der Waals surface area (Å²) in [4.78, 5) is 12.5. The van der Waals surface area contributed by atoms with Crippen molar-refractivity contribution in [2.75, 3.05) is 20.4 Å². The maximum Gasteiger partial charge on any atom is 0.269 e. The van der Waals surface area contributed by atoms with Gasteiger partial charge in [0.1, 0.15) is 12.8 Å². The number of amides is 1. The van der Waals surface area contributed by atoms with Crippen LogP contribution in [0.25, 0.3) is 0 Å². The molecule has 0 bridgehead atoms. The first-order valence-electron chi connectivity index (χ1n) is 8.52. The highest BCUT2D eigenvalue weighted by Gasteiger charge is 2.51. The molecule has 3 atom stereocenters. The molecule has 5 heteroatoms. The molecule has 5 nitrogen and oxygen atoms in total. The number of rotatable bonds is 8. The van der Waals surface area contributed by atoms with Crippen molar-refractivity contribution in [1.29, 1.82) is 0 Å². The van der Waals surface area contributed by atoms with Crippen LogP contribution >= 0.6 is 0 Å². The number of ether oxygens (including phenoxy) is 2. The fourth-order valence-corrected chi connectivity index (χ4v) is 3.33. The molecule has 0 radical (unpaired) electrons. The second kappa shape index (κ2) is 8.09. The molecule has 2 saturated heterocycles. The van der Waals surface area contributed by atoms with Gasteiger partial charge in [-0.2, -0.15) is 0 Å². The molecule has 2 heterocycles. The molecular formula is C17H30N2O3. The van der Waals surface area contributed by atoms with Crippen molar-refractivity contribution >= 4 is 5.91 Å². The Labute approximate surface area is 134 Å². The summed E-state index contributed by atoms with van der Waals surface area (Å²) in [5.41, 5.74) is 0. The van der Waals surface area contributed by atoms with Gasteiger partial charge in [-0.15, -0.1) is 0 Å². The summed E-state index contributed by atoms with van der Waals surface area (Å²) in [6.45, 7) is 7.70. The van der Waals surface area contributed by atoms with Crippen molar-refractivity contribution in [3.05, 3.63) is 12.2 Å². The summed E-state index contributed by atoms with van der Waals surface area (Å²) in [6, 6.07) is 0.431. The predicted octanol–water partition coefficient (Wildman–Crippen LogP) is 2.58. The number of carbonyl (C=O) groups is 1. The van der Waals surface area contributed by atoms with E-state index in [1.165, 1.54) is 0 Å². The SMILES string of the molecule is CCC(/C=C/[C@H]1[C@@H](OCOC)C(=O)N1N1CCC[C@H]1C)CC. The Morgan fingerprint density at radius 1 is 1.36 bits per heavy atom. The first kappa shape index (κ1) is 17.4. The van der Waals surface area contributed by atoms with Crippen molar-refractivity contribution in [1.82, 2.24) is 10.0 Å². The molecule has 0 saturated carbocycles.